The Hall–Kier alpha value is -2.27. The van der Waals surface area contributed by atoms with E-state index < -0.39 is 17.5 Å². The number of amides is 1. The maximum absolute atomic E-state index is 13.1. The number of carbonyl (C=O) groups excluding carboxylic acids is 1. The molecular weight excluding hydrogens is 288 g/mol. The van der Waals surface area contributed by atoms with Crippen molar-refractivity contribution in [1.82, 2.24) is 5.32 Å². The van der Waals surface area contributed by atoms with E-state index >= 15 is 0 Å². The Labute approximate surface area is 127 Å². The van der Waals surface area contributed by atoms with Gasteiger partial charge >= 0.3 is 0 Å². The molecule has 2 rings (SSSR count). The van der Waals surface area contributed by atoms with Gasteiger partial charge in [-0.05, 0) is 30.2 Å². The van der Waals surface area contributed by atoms with Crippen molar-refractivity contribution in [2.45, 2.75) is 20.1 Å². The van der Waals surface area contributed by atoms with Gasteiger partial charge in [0.05, 0.1) is 6.61 Å². The molecule has 5 heteroatoms. The van der Waals surface area contributed by atoms with Gasteiger partial charge in [-0.2, -0.15) is 0 Å². The highest BCUT2D eigenvalue weighted by atomic mass is 19.1. The fourth-order valence-corrected chi connectivity index (χ4v) is 2.05. The average molecular weight is 305 g/mol. The molecule has 0 aliphatic heterocycles. The zero-order valence-corrected chi connectivity index (χ0v) is 12.2. The number of carbonyl (C=O) groups is 1. The summed E-state index contributed by atoms with van der Waals surface area (Å²) in [7, 11) is 0. The van der Waals surface area contributed by atoms with Crippen molar-refractivity contribution in [2.75, 3.05) is 6.61 Å². The minimum atomic E-state index is -0.776. The van der Waals surface area contributed by atoms with Crippen LogP contribution in [0.25, 0.3) is 0 Å². The lowest BCUT2D eigenvalue weighted by Gasteiger charge is -2.11. The van der Waals surface area contributed by atoms with Gasteiger partial charge in [0.25, 0.3) is 5.91 Å². The largest absolute Gasteiger partial charge is 0.377 e. The zero-order valence-electron chi connectivity index (χ0n) is 12.2. The molecule has 0 heterocycles. The summed E-state index contributed by atoms with van der Waals surface area (Å²) in [6, 6.07) is 10.3. The minimum absolute atomic E-state index is 0.0419. The smallest absolute Gasteiger partial charge is 0.251 e. The molecule has 1 amide bonds. The van der Waals surface area contributed by atoms with Crippen LogP contribution < -0.4 is 5.32 Å². The van der Waals surface area contributed by atoms with E-state index in [9.17, 15) is 13.6 Å². The number of nitrogens with one attached hydrogen (secondary N) is 1. The number of hydrogen-bond acceptors (Lipinski definition) is 2. The monoisotopic (exact) mass is 305 g/mol. The molecular formula is C17H17F2NO2. The zero-order chi connectivity index (χ0) is 15.9. The number of halogens is 2. The van der Waals surface area contributed by atoms with Crippen LogP contribution in [-0.4, -0.2) is 12.5 Å². The van der Waals surface area contributed by atoms with Crippen molar-refractivity contribution in [3.8, 4) is 0 Å². The normalized spacial score (nSPS) is 10.5. The fourth-order valence-electron chi connectivity index (χ4n) is 2.05. The van der Waals surface area contributed by atoms with Crippen LogP contribution in [0.15, 0.2) is 42.5 Å². The van der Waals surface area contributed by atoms with Crippen molar-refractivity contribution in [3.05, 3.63) is 70.8 Å². The molecule has 0 aliphatic rings. The van der Waals surface area contributed by atoms with E-state index in [4.69, 9.17) is 4.74 Å². The lowest BCUT2D eigenvalue weighted by molar-refractivity contribution is 0.0949. The summed E-state index contributed by atoms with van der Waals surface area (Å²) in [5.41, 5.74) is 1.83. The second kappa shape index (κ2) is 7.66. The second-order valence-electron chi connectivity index (χ2n) is 4.75. The molecule has 0 radical (unpaired) electrons. The SMILES string of the molecule is CCOCc1ccccc1CNC(=O)c1cc(F)cc(F)c1. The summed E-state index contributed by atoms with van der Waals surface area (Å²) in [6.07, 6.45) is 0. The predicted octanol–water partition coefficient (Wildman–Crippen LogP) is 3.43. The Morgan fingerprint density at radius 3 is 2.36 bits per heavy atom. The molecule has 0 aliphatic carbocycles. The van der Waals surface area contributed by atoms with Gasteiger partial charge in [0.2, 0.25) is 0 Å². The molecule has 0 saturated heterocycles. The van der Waals surface area contributed by atoms with Crippen molar-refractivity contribution in [2.24, 2.45) is 0 Å². The Bertz CT molecular complexity index is 639. The highest BCUT2D eigenvalue weighted by Crippen LogP contribution is 2.11. The Kier molecular flexibility index (Phi) is 5.61. The van der Waals surface area contributed by atoms with Gasteiger partial charge < -0.3 is 10.1 Å². The third kappa shape index (κ3) is 4.36. The van der Waals surface area contributed by atoms with E-state index in [2.05, 4.69) is 5.32 Å². The van der Waals surface area contributed by atoms with Gasteiger partial charge in [-0.3, -0.25) is 4.79 Å². The van der Waals surface area contributed by atoms with Gasteiger partial charge in [-0.15, -0.1) is 0 Å². The maximum atomic E-state index is 13.1. The Morgan fingerprint density at radius 2 is 1.73 bits per heavy atom. The molecule has 0 unspecified atom stereocenters. The van der Waals surface area contributed by atoms with Gasteiger partial charge in [0, 0.05) is 24.8 Å². The van der Waals surface area contributed by atoms with Gasteiger partial charge in [-0.1, -0.05) is 24.3 Å². The number of hydrogen-bond donors (Lipinski definition) is 1. The van der Waals surface area contributed by atoms with Gasteiger partial charge in [-0.25, -0.2) is 8.78 Å². The van der Waals surface area contributed by atoms with Crippen LogP contribution in [0.2, 0.25) is 0 Å². The lowest BCUT2D eigenvalue weighted by Crippen LogP contribution is -2.23. The van der Waals surface area contributed by atoms with Gasteiger partial charge in [0.1, 0.15) is 11.6 Å². The third-order valence-corrected chi connectivity index (χ3v) is 3.14. The fraction of sp³-hybridized carbons (Fsp3) is 0.235. The second-order valence-corrected chi connectivity index (χ2v) is 4.75. The molecule has 0 atom stereocenters. The molecule has 0 saturated carbocycles. The first kappa shape index (κ1) is 16.1. The van der Waals surface area contributed by atoms with E-state index in [-0.39, 0.29) is 12.1 Å². The van der Waals surface area contributed by atoms with Crippen LogP contribution in [-0.2, 0) is 17.9 Å². The lowest BCUT2D eigenvalue weighted by atomic mass is 10.1. The van der Waals surface area contributed by atoms with Crippen LogP contribution in [0.4, 0.5) is 8.78 Å². The first-order chi connectivity index (χ1) is 10.6. The molecule has 22 heavy (non-hydrogen) atoms. The topological polar surface area (TPSA) is 38.3 Å². The standard InChI is InChI=1S/C17H17F2NO2/c1-2-22-11-13-6-4-3-5-12(13)10-20-17(21)14-7-15(18)9-16(19)8-14/h3-9H,2,10-11H2,1H3,(H,20,21). The van der Waals surface area contributed by atoms with Crippen LogP contribution in [0, 0.1) is 11.6 Å². The van der Waals surface area contributed by atoms with E-state index in [1.54, 1.807) is 0 Å². The van der Waals surface area contributed by atoms with Gasteiger partial charge in [0.15, 0.2) is 0 Å². The summed E-state index contributed by atoms with van der Waals surface area (Å²) in [6.45, 7) is 3.23. The van der Waals surface area contributed by atoms with Crippen LogP contribution in [0.3, 0.4) is 0 Å². The van der Waals surface area contributed by atoms with E-state index in [0.717, 1.165) is 29.3 Å². The summed E-state index contributed by atoms with van der Waals surface area (Å²) < 4.78 is 31.6. The molecule has 0 bridgehead atoms. The molecule has 116 valence electrons. The number of rotatable bonds is 6. The molecule has 2 aromatic rings. The van der Waals surface area contributed by atoms with Crippen molar-refractivity contribution in [1.29, 1.82) is 0 Å². The van der Waals surface area contributed by atoms with E-state index in [1.165, 1.54) is 0 Å². The first-order valence-electron chi connectivity index (χ1n) is 6.99. The average Bonchev–Trinajstić information content (AvgIpc) is 2.50. The van der Waals surface area contributed by atoms with Crippen LogP contribution >= 0.6 is 0 Å². The molecule has 0 fully saturated rings. The highest BCUT2D eigenvalue weighted by Gasteiger charge is 2.10. The highest BCUT2D eigenvalue weighted by molar-refractivity contribution is 5.94. The van der Waals surface area contributed by atoms with Crippen molar-refractivity contribution < 1.29 is 18.3 Å². The summed E-state index contributed by atoms with van der Waals surface area (Å²) in [5, 5.41) is 2.66. The predicted molar refractivity (Wildman–Crippen MR) is 79.3 cm³/mol. The Balaban J connectivity index is 2.05. The molecule has 0 spiro atoms. The van der Waals surface area contributed by atoms with Crippen molar-refractivity contribution >= 4 is 5.91 Å². The number of benzene rings is 2. The quantitative estimate of drug-likeness (QED) is 0.888. The van der Waals surface area contributed by atoms with E-state index in [1.807, 2.05) is 31.2 Å². The summed E-state index contributed by atoms with van der Waals surface area (Å²) in [5.74, 6) is -2.08. The minimum Gasteiger partial charge on any atom is -0.377 e. The molecule has 2 aromatic carbocycles. The number of ether oxygens (including phenoxy) is 1. The summed E-state index contributed by atoms with van der Waals surface area (Å²) >= 11 is 0. The molecule has 0 aromatic heterocycles. The first-order valence-corrected chi connectivity index (χ1v) is 6.99. The van der Waals surface area contributed by atoms with Crippen LogP contribution in [0.5, 0.6) is 0 Å². The van der Waals surface area contributed by atoms with Crippen LogP contribution in [0.1, 0.15) is 28.4 Å². The van der Waals surface area contributed by atoms with E-state index in [0.29, 0.717) is 13.2 Å². The van der Waals surface area contributed by atoms with Crippen molar-refractivity contribution in [3.63, 3.8) is 0 Å². The Morgan fingerprint density at radius 1 is 1.09 bits per heavy atom. The maximum Gasteiger partial charge on any atom is 0.251 e. The summed E-state index contributed by atoms with van der Waals surface area (Å²) in [4.78, 5) is 12.0. The molecule has 1 N–H and O–H groups in total. The third-order valence-electron chi connectivity index (χ3n) is 3.14. The molecule has 3 nitrogen and oxygen atoms in total.